The topological polar surface area (TPSA) is 60.2 Å². The highest BCUT2D eigenvalue weighted by Gasteiger charge is 2.42. The van der Waals surface area contributed by atoms with Crippen molar-refractivity contribution >= 4 is 23.5 Å². The predicted octanol–water partition coefficient (Wildman–Crippen LogP) is 3.99. The van der Waals surface area contributed by atoms with Crippen LogP contribution in [0, 0.1) is 0 Å². The van der Waals surface area contributed by atoms with Crippen molar-refractivity contribution in [1.82, 2.24) is 0 Å². The van der Waals surface area contributed by atoms with E-state index in [2.05, 4.69) is 12.1 Å². The number of thioether (sulfide) groups is 1. The Morgan fingerprint density at radius 3 is 2.29 bits per heavy atom. The molecule has 3 rings (SSSR count). The van der Waals surface area contributed by atoms with Crippen LogP contribution in [0.4, 0.5) is 0 Å². The normalized spacial score (nSPS) is 15.5. The molecule has 1 fully saturated rings. The van der Waals surface area contributed by atoms with Crippen molar-refractivity contribution in [1.29, 1.82) is 0 Å². The maximum atomic E-state index is 12.1. The highest BCUT2D eigenvalue weighted by molar-refractivity contribution is 8.01. The molecule has 2 aromatic rings. The number of hydrogen-bond acceptors (Lipinski definition) is 3. The summed E-state index contributed by atoms with van der Waals surface area (Å²) in [5, 5.41) is 0. The SMILES string of the molecule is CC(=O)C1(Sc2ccccc2-c2ccc(CC(N)=O)cc2)CCC1. The summed E-state index contributed by atoms with van der Waals surface area (Å²) in [7, 11) is 0. The zero-order chi connectivity index (χ0) is 17.2. The number of amides is 1. The smallest absolute Gasteiger partial charge is 0.221 e. The molecule has 24 heavy (non-hydrogen) atoms. The number of carbonyl (C=O) groups excluding carboxylic acids is 2. The van der Waals surface area contributed by atoms with Gasteiger partial charge < -0.3 is 5.73 Å². The Morgan fingerprint density at radius 1 is 1.08 bits per heavy atom. The van der Waals surface area contributed by atoms with E-state index >= 15 is 0 Å². The van der Waals surface area contributed by atoms with E-state index in [9.17, 15) is 9.59 Å². The fourth-order valence-electron chi connectivity index (χ4n) is 3.03. The van der Waals surface area contributed by atoms with Gasteiger partial charge in [0.05, 0.1) is 11.2 Å². The van der Waals surface area contributed by atoms with Crippen LogP contribution in [0.5, 0.6) is 0 Å². The van der Waals surface area contributed by atoms with Crippen molar-refractivity contribution in [3.8, 4) is 11.1 Å². The van der Waals surface area contributed by atoms with Gasteiger partial charge in [0.15, 0.2) is 0 Å². The van der Waals surface area contributed by atoms with E-state index in [0.717, 1.165) is 40.8 Å². The Morgan fingerprint density at radius 2 is 1.75 bits per heavy atom. The van der Waals surface area contributed by atoms with E-state index < -0.39 is 0 Å². The van der Waals surface area contributed by atoms with Gasteiger partial charge >= 0.3 is 0 Å². The zero-order valence-corrected chi connectivity index (χ0v) is 14.6. The maximum Gasteiger partial charge on any atom is 0.221 e. The fraction of sp³-hybridized carbons (Fsp3) is 0.300. The van der Waals surface area contributed by atoms with Gasteiger partial charge in [-0.25, -0.2) is 0 Å². The second kappa shape index (κ2) is 6.81. The number of primary amides is 1. The van der Waals surface area contributed by atoms with Crippen LogP contribution in [0.25, 0.3) is 11.1 Å². The van der Waals surface area contributed by atoms with E-state index in [1.807, 2.05) is 36.4 Å². The molecule has 0 aliphatic heterocycles. The van der Waals surface area contributed by atoms with Crippen molar-refractivity contribution in [3.63, 3.8) is 0 Å². The van der Waals surface area contributed by atoms with Crippen LogP contribution in [0.1, 0.15) is 31.7 Å². The largest absolute Gasteiger partial charge is 0.369 e. The Bertz CT molecular complexity index is 763. The van der Waals surface area contributed by atoms with Gasteiger partial charge in [-0.2, -0.15) is 0 Å². The lowest BCUT2D eigenvalue weighted by atomic mass is 9.81. The van der Waals surface area contributed by atoms with Crippen LogP contribution in [0.2, 0.25) is 0 Å². The third-order valence-electron chi connectivity index (χ3n) is 4.64. The van der Waals surface area contributed by atoms with Gasteiger partial charge in [0.25, 0.3) is 0 Å². The molecule has 0 bridgehead atoms. The van der Waals surface area contributed by atoms with Gasteiger partial charge in [-0.15, -0.1) is 11.8 Å². The lowest BCUT2D eigenvalue weighted by Crippen LogP contribution is -2.40. The predicted molar refractivity (Wildman–Crippen MR) is 97.9 cm³/mol. The van der Waals surface area contributed by atoms with E-state index in [0.29, 0.717) is 0 Å². The summed E-state index contributed by atoms with van der Waals surface area (Å²) in [6.07, 6.45) is 3.29. The quantitative estimate of drug-likeness (QED) is 0.866. The number of rotatable bonds is 6. The third kappa shape index (κ3) is 3.39. The molecule has 0 heterocycles. The molecule has 1 saturated carbocycles. The molecule has 0 spiro atoms. The van der Waals surface area contributed by atoms with Crippen LogP contribution in [0.3, 0.4) is 0 Å². The molecule has 4 heteroatoms. The molecular formula is C20H21NO2S. The molecule has 1 aliphatic rings. The molecule has 1 amide bonds. The number of benzene rings is 2. The molecule has 1 aliphatic carbocycles. The minimum Gasteiger partial charge on any atom is -0.369 e. The minimum absolute atomic E-state index is 0.248. The molecule has 124 valence electrons. The first-order valence-corrected chi connectivity index (χ1v) is 8.98. The van der Waals surface area contributed by atoms with Crippen molar-refractivity contribution < 1.29 is 9.59 Å². The van der Waals surface area contributed by atoms with Gasteiger partial charge in [0, 0.05) is 4.90 Å². The van der Waals surface area contributed by atoms with Crippen LogP contribution < -0.4 is 5.73 Å². The molecule has 0 radical (unpaired) electrons. The average molecular weight is 339 g/mol. The molecule has 0 unspecified atom stereocenters. The van der Waals surface area contributed by atoms with Gasteiger partial charge in [-0.05, 0) is 48.9 Å². The Kier molecular flexibility index (Phi) is 4.76. The monoisotopic (exact) mass is 339 g/mol. The van der Waals surface area contributed by atoms with Crippen molar-refractivity contribution in [3.05, 3.63) is 54.1 Å². The summed E-state index contributed by atoms with van der Waals surface area (Å²) >= 11 is 1.70. The second-order valence-corrected chi connectivity index (χ2v) is 7.77. The first-order valence-electron chi connectivity index (χ1n) is 8.17. The third-order valence-corrected chi connectivity index (χ3v) is 6.30. The summed E-state index contributed by atoms with van der Waals surface area (Å²) < 4.78 is -0.248. The van der Waals surface area contributed by atoms with Crippen LogP contribution in [0.15, 0.2) is 53.4 Å². The number of hydrogen-bond donors (Lipinski definition) is 1. The summed E-state index contributed by atoms with van der Waals surface area (Å²) in [5.41, 5.74) is 8.37. The Hall–Kier alpha value is -2.07. The van der Waals surface area contributed by atoms with E-state index in [-0.39, 0.29) is 22.9 Å². The van der Waals surface area contributed by atoms with E-state index in [1.165, 1.54) is 0 Å². The summed E-state index contributed by atoms with van der Waals surface area (Å²) in [5.74, 6) is -0.0579. The van der Waals surface area contributed by atoms with Crippen LogP contribution >= 0.6 is 11.8 Å². The van der Waals surface area contributed by atoms with Gasteiger partial charge in [0.1, 0.15) is 5.78 Å². The minimum atomic E-state index is -0.327. The molecule has 0 atom stereocenters. The molecule has 2 aromatic carbocycles. The van der Waals surface area contributed by atoms with Gasteiger partial charge in [-0.1, -0.05) is 42.5 Å². The molecule has 0 saturated heterocycles. The van der Waals surface area contributed by atoms with Crippen molar-refractivity contribution in [2.75, 3.05) is 0 Å². The molecular weight excluding hydrogens is 318 g/mol. The maximum absolute atomic E-state index is 12.1. The number of carbonyl (C=O) groups is 2. The lowest BCUT2D eigenvalue weighted by Gasteiger charge is -2.39. The van der Waals surface area contributed by atoms with Crippen molar-refractivity contribution in [2.24, 2.45) is 5.73 Å². The fourth-order valence-corrected chi connectivity index (χ4v) is 4.53. The first-order chi connectivity index (χ1) is 11.5. The second-order valence-electron chi connectivity index (χ2n) is 6.34. The lowest BCUT2D eigenvalue weighted by molar-refractivity contribution is -0.121. The molecule has 2 N–H and O–H groups in total. The Balaban J connectivity index is 1.89. The number of nitrogens with two attached hydrogens (primary N) is 1. The average Bonchev–Trinajstić information content (AvgIpc) is 2.51. The summed E-state index contributed by atoms with van der Waals surface area (Å²) in [4.78, 5) is 24.2. The van der Waals surface area contributed by atoms with E-state index in [1.54, 1.807) is 18.7 Å². The van der Waals surface area contributed by atoms with Crippen LogP contribution in [-0.4, -0.2) is 16.4 Å². The first kappa shape index (κ1) is 16.8. The number of Topliss-reactive ketones (excluding diaryl/α,β-unsaturated/α-hetero) is 1. The zero-order valence-electron chi connectivity index (χ0n) is 13.7. The highest BCUT2D eigenvalue weighted by atomic mass is 32.2. The van der Waals surface area contributed by atoms with Gasteiger partial charge in [0.2, 0.25) is 5.91 Å². The summed E-state index contributed by atoms with van der Waals surface area (Å²) in [6, 6.07) is 16.1. The molecule has 3 nitrogen and oxygen atoms in total. The van der Waals surface area contributed by atoms with Crippen molar-refractivity contribution in [2.45, 2.75) is 42.2 Å². The summed E-state index contributed by atoms with van der Waals surface area (Å²) in [6.45, 7) is 1.70. The Labute approximate surface area is 146 Å². The highest BCUT2D eigenvalue weighted by Crippen LogP contribution is 2.50. The molecule has 0 aromatic heterocycles. The standard InChI is InChI=1S/C20H21NO2S/c1-14(22)20(11-4-12-20)24-18-6-3-2-5-17(18)16-9-7-15(8-10-16)13-19(21)23/h2-3,5-10H,4,11-13H2,1H3,(H2,21,23). The van der Waals surface area contributed by atoms with Crippen LogP contribution in [-0.2, 0) is 16.0 Å². The van der Waals surface area contributed by atoms with Gasteiger partial charge in [-0.3, -0.25) is 9.59 Å². The number of ketones is 1. The van der Waals surface area contributed by atoms with E-state index in [4.69, 9.17) is 5.73 Å².